The third-order valence-corrected chi connectivity index (χ3v) is 3.50. The van der Waals surface area contributed by atoms with Gasteiger partial charge in [0, 0.05) is 16.1 Å². The molecule has 0 saturated carbocycles. The molecule has 0 aliphatic heterocycles. The van der Waals surface area contributed by atoms with Crippen molar-refractivity contribution in [2.45, 2.75) is 19.6 Å². The Bertz CT molecular complexity index is 695. The second-order valence-electron chi connectivity index (χ2n) is 4.69. The molecule has 0 saturated heterocycles. The molecule has 3 nitrogen and oxygen atoms in total. The van der Waals surface area contributed by atoms with Crippen LogP contribution in [0.25, 0.3) is 0 Å². The molecule has 0 aliphatic rings. The summed E-state index contributed by atoms with van der Waals surface area (Å²) in [5.41, 5.74) is 7.54. The molecule has 0 fully saturated rings. The van der Waals surface area contributed by atoms with Gasteiger partial charge in [0.2, 0.25) is 0 Å². The lowest BCUT2D eigenvalue weighted by molar-refractivity contribution is 0.301. The summed E-state index contributed by atoms with van der Waals surface area (Å²) in [6.07, 6.45) is 0. The lowest BCUT2D eigenvalue weighted by Crippen LogP contribution is -2.08. The summed E-state index contributed by atoms with van der Waals surface area (Å²) in [5.74, 6) is 0.141. The van der Waals surface area contributed by atoms with Crippen LogP contribution in [0.5, 0.6) is 5.75 Å². The van der Waals surface area contributed by atoms with Gasteiger partial charge in [0.25, 0.3) is 0 Å². The van der Waals surface area contributed by atoms with Crippen molar-refractivity contribution in [3.63, 3.8) is 0 Å². The molecule has 2 aromatic carbocycles. The van der Waals surface area contributed by atoms with Gasteiger partial charge in [-0.1, -0.05) is 28.1 Å². The van der Waals surface area contributed by atoms with Gasteiger partial charge in [-0.15, -0.1) is 0 Å². The van der Waals surface area contributed by atoms with E-state index in [0.717, 1.165) is 15.6 Å². The van der Waals surface area contributed by atoms with Crippen molar-refractivity contribution in [2.24, 2.45) is 5.73 Å². The number of rotatable bonds is 4. The minimum atomic E-state index is -0.528. The average molecular weight is 349 g/mol. The summed E-state index contributed by atoms with van der Waals surface area (Å²) in [4.78, 5) is 0. The van der Waals surface area contributed by atoms with E-state index < -0.39 is 5.82 Å². The number of nitriles is 1. The van der Waals surface area contributed by atoms with E-state index in [1.54, 1.807) is 6.07 Å². The Hall–Kier alpha value is -1.90. The first-order valence-electron chi connectivity index (χ1n) is 6.37. The molecule has 0 bridgehead atoms. The molecule has 0 heterocycles. The predicted molar refractivity (Wildman–Crippen MR) is 82.2 cm³/mol. The molecule has 2 N–H and O–H groups in total. The van der Waals surface area contributed by atoms with Gasteiger partial charge in [-0.2, -0.15) is 5.26 Å². The summed E-state index contributed by atoms with van der Waals surface area (Å²) >= 11 is 3.39. The number of hydrogen-bond acceptors (Lipinski definition) is 3. The van der Waals surface area contributed by atoms with E-state index in [9.17, 15) is 4.39 Å². The highest BCUT2D eigenvalue weighted by Crippen LogP contribution is 2.28. The average Bonchev–Trinajstić information content (AvgIpc) is 2.46. The van der Waals surface area contributed by atoms with Crippen molar-refractivity contribution in [3.8, 4) is 11.8 Å². The van der Waals surface area contributed by atoms with Gasteiger partial charge < -0.3 is 10.5 Å². The summed E-state index contributed by atoms with van der Waals surface area (Å²) in [6.45, 7) is 2.12. The van der Waals surface area contributed by atoms with Crippen molar-refractivity contribution < 1.29 is 9.13 Å². The quantitative estimate of drug-likeness (QED) is 0.906. The molecule has 0 radical (unpaired) electrons. The standard InChI is InChI=1S/C16H14BrFN2O/c1-10(20)14-4-3-13(17)7-16(14)21-9-11-2-5-15(18)12(6-11)8-19/h2-7,10H,9,20H2,1H3/t10-/m1/s1. The van der Waals surface area contributed by atoms with E-state index in [0.29, 0.717) is 5.75 Å². The molecule has 2 rings (SSSR count). The first kappa shape index (κ1) is 15.5. The van der Waals surface area contributed by atoms with E-state index in [2.05, 4.69) is 15.9 Å². The summed E-state index contributed by atoms with van der Waals surface area (Å²) in [6, 6.07) is 11.6. The van der Waals surface area contributed by atoms with Crippen LogP contribution in [-0.4, -0.2) is 0 Å². The first-order chi connectivity index (χ1) is 10.0. The number of ether oxygens (including phenoxy) is 1. The van der Waals surface area contributed by atoms with Gasteiger partial charge in [0.1, 0.15) is 24.2 Å². The van der Waals surface area contributed by atoms with Crippen LogP contribution < -0.4 is 10.5 Å². The molecule has 5 heteroatoms. The fourth-order valence-electron chi connectivity index (χ4n) is 1.92. The van der Waals surface area contributed by atoms with Crippen LogP contribution in [0.2, 0.25) is 0 Å². The number of nitrogens with two attached hydrogens (primary N) is 1. The van der Waals surface area contributed by atoms with Crippen LogP contribution in [0.4, 0.5) is 4.39 Å². The Morgan fingerprint density at radius 1 is 1.33 bits per heavy atom. The molecule has 0 aliphatic carbocycles. The minimum Gasteiger partial charge on any atom is -0.489 e. The summed E-state index contributed by atoms with van der Waals surface area (Å²) in [5, 5.41) is 8.83. The Kier molecular flexibility index (Phi) is 4.94. The second-order valence-corrected chi connectivity index (χ2v) is 5.60. The van der Waals surface area contributed by atoms with Gasteiger partial charge in [-0.05, 0) is 36.8 Å². The molecule has 108 valence electrons. The van der Waals surface area contributed by atoms with Crippen LogP contribution in [0.3, 0.4) is 0 Å². The van der Waals surface area contributed by atoms with E-state index in [-0.39, 0.29) is 18.2 Å². The Morgan fingerprint density at radius 3 is 2.76 bits per heavy atom. The van der Waals surface area contributed by atoms with Crippen molar-refractivity contribution in [2.75, 3.05) is 0 Å². The van der Waals surface area contributed by atoms with Crippen LogP contribution in [-0.2, 0) is 6.61 Å². The highest BCUT2D eigenvalue weighted by atomic mass is 79.9. The minimum absolute atomic E-state index is 0.0118. The molecule has 1 atom stereocenters. The predicted octanol–water partition coefficient (Wildman–Crippen LogP) is 4.06. The van der Waals surface area contributed by atoms with Gasteiger partial charge in [-0.3, -0.25) is 0 Å². The number of halogens is 2. The van der Waals surface area contributed by atoms with Crippen LogP contribution in [0.15, 0.2) is 40.9 Å². The molecule has 0 spiro atoms. The zero-order valence-corrected chi connectivity index (χ0v) is 13.0. The lowest BCUT2D eigenvalue weighted by Gasteiger charge is -2.14. The number of hydrogen-bond donors (Lipinski definition) is 1. The number of nitrogens with zero attached hydrogens (tertiary/aromatic N) is 1. The third kappa shape index (κ3) is 3.81. The van der Waals surface area contributed by atoms with Crippen LogP contribution in [0.1, 0.15) is 29.7 Å². The van der Waals surface area contributed by atoms with Crippen molar-refractivity contribution in [1.82, 2.24) is 0 Å². The van der Waals surface area contributed by atoms with E-state index in [4.69, 9.17) is 15.7 Å². The fourth-order valence-corrected chi connectivity index (χ4v) is 2.26. The van der Waals surface area contributed by atoms with Gasteiger partial charge in [0.05, 0.1) is 5.56 Å². The zero-order valence-electron chi connectivity index (χ0n) is 11.4. The molecule has 21 heavy (non-hydrogen) atoms. The smallest absolute Gasteiger partial charge is 0.140 e. The molecule has 0 aromatic heterocycles. The Balaban J connectivity index is 2.20. The molecule has 0 amide bonds. The van der Waals surface area contributed by atoms with Crippen LogP contribution in [0, 0.1) is 17.1 Å². The normalized spacial score (nSPS) is 11.8. The lowest BCUT2D eigenvalue weighted by atomic mass is 10.1. The highest BCUT2D eigenvalue weighted by Gasteiger charge is 2.10. The maximum absolute atomic E-state index is 13.3. The van der Waals surface area contributed by atoms with Crippen molar-refractivity contribution in [3.05, 3.63) is 63.4 Å². The Morgan fingerprint density at radius 2 is 2.10 bits per heavy atom. The molecular weight excluding hydrogens is 335 g/mol. The molecule has 0 unspecified atom stereocenters. The topological polar surface area (TPSA) is 59.0 Å². The summed E-state index contributed by atoms with van der Waals surface area (Å²) in [7, 11) is 0. The SMILES string of the molecule is C[C@@H](N)c1ccc(Br)cc1OCc1ccc(F)c(C#N)c1. The maximum Gasteiger partial charge on any atom is 0.140 e. The van der Waals surface area contributed by atoms with Gasteiger partial charge in [0.15, 0.2) is 0 Å². The van der Waals surface area contributed by atoms with Crippen molar-refractivity contribution >= 4 is 15.9 Å². The van der Waals surface area contributed by atoms with E-state index >= 15 is 0 Å². The summed E-state index contributed by atoms with van der Waals surface area (Å²) < 4.78 is 19.9. The van der Waals surface area contributed by atoms with Crippen LogP contribution >= 0.6 is 15.9 Å². The largest absolute Gasteiger partial charge is 0.489 e. The van der Waals surface area contributed by atoms with Crippen molar-refractivity contribution in [1.29, 1.82) is 5.26 Å². The van der Waals surface area contributed by atoms with E-state index in [1.165, 1.54) is 12.1 Å². The van der Waals surface area contributed by atoms with Gasteiger partial charge >= 0.3 is 0 Å². The fraction of sp³-hybridized carbons (Fsp3) is 0.188. The van der Waals surface area contributed by atoms with Gasteiger partial charge in [-0.25, -0.2) is 4.39 Å². The number of benzene rings is 2. The molecule has 2 aromatic rings. The second kappa shape index (κ2) is 6.70. The molecular formula is C16H14BrFN2O. The first-order valence-corrected chi connectivity index (χ1v) is 7.17. The zero-order chi connectivity index (χ0) is 15.4. The Labute approximate surface area is 131 Å². The van der Waals surface area contributed by atoms with E-state index in [1.807, 2.05) is 31.2 Å². The maximum atomic E-state index is 13.3. The monoisotopic (exact) mass is 348 g/mol. The highest BCUT2D eigenvalue weighted by molar-refractivity contribution is 9.10. The third-order valence-electron chi connectivity index (χ3n) is 3.01.